The lowest BCUT2D eigenvalue weighted by atomic mass is 9.96. The maximum Gasteiger partial charge on any atom is 0.339 e. The molecule has 2 aliphatic heterocycles. The van der Waals surface area contributed by atoms with E-state index in [2.05, 4.69) is 16.8 Å². The zero-order valence-corrected chi connectivity index (χ0v) is 19.3. The van der Waals surface area contributed by atoms with E-state index in [0.29, 0.717) is 12.0 Å². The SMILES string of the molecule is CC[C@@]12CO[C@H](C1OP(C)(=O)O)[C@H](n1cc(C#CCOC(=O)c3ccccc3)c(=O)[nH]c1=O)O2. The molecule has 180 valence electrons. The number of aromatic nitrogens is 2. The average molecular weight is 490 g/mol. The van der Waals surface area contributed by atoms with Crippen LogP contribution >= 0.6 is 7.60 Å². The third-order valence-electron chi connectivity index (χ3n) is 5.63. The Morgan fingerprint density at radius 3 is 2.76 bits per heavy atom. The fourth-order valence-electron chi connectivity index (χ4n) is 3.97. The number of nitrogens with zero attached hydrogens (tertiary/aromatic N) is 1. The molecule has 34 heavy (non-hydrogen) atoms. The van der Waals surface area contributed by atoms with Crippen molar-refractivity contribution >= 4 is 13.6 Å². The first-order valence-corrected chi connectivity index (χ1v) is 12.5. The smallest absolute Gasteiger partial charge is 0.339 e. The van der Waals surface area contributed by atoms with Gasteiger partial charge in [0.15, 0.2) is 12.8 Å². The molecule has 2 aromatic rings. The molecule has 1 aromatic heterocycles. The van der Waals surface area contributed by atoms with Crippen LogP contribution in [0.4, 0.5) is 0 Å². The zero-order chi connectivity index (χ0) is 24.5. The van der Waals surface area contributed by atoms with Gasteiger partial charge < -0.3 is 19.1 Å². The van der Waals surface area contributed by atoms with Crippen molar-refractivity contribution in [2.24, 2.45) is 0 Å². The van der Waals surface area contributed by atoms with Crippen molar-refractivity contribution in [3.63, 3.8) is 0 Å². The number of ether oxygens (including phenoxy) is 3. The van der Waals surface area contributed by atoms with E-state index in [1.165, 1.54) is 6.20 Å². The summed E-state index contributed by atoms with van der Waals surface area (Å²) in [6.45, 7) is 2.74. The van der Waals surface area contributed by atoms with Crippen LogP contribution in [0.1, 0.15) is 35.5 Å². The molecule has 0 radical (unpaired) electrons. The van der Waals surface area contributed by atoms with E-state index < -0.39 is 48.9 Å². The highest BCUT2D eigenvalue weighted by Gasteiger charge is 2.63. The summed E-state index contributed by atoms with van der Waals surface area (Å²) in [4.78, 5) is 48.6. The van der Waals surface area contributed by atoms with Crippen molar-refractivity contribution in [3.8, 4) is 11.8 Å². The van der Waals surface area contributed by atoms with E-state index in [1.807, 2.05) is 6.92 Å². The van der Waals surface area contributed by atoms with E-state index in [0.717, 1.165) is 11.2 Å². The first-order chi connectivity index (χ1) is 16.1. The molecule has 1 aromatic carbocycles. The van der Waals surface area contributed by atoms with Gasteiger partial charge >= 0.3 is 19.3 Å². The molecule has 11 nitrogen and oxygen atoms in total. The van der Waals surface area contributed by atoms with Crippen molar-refractivity contribution in [1.29, 1.82) is 0 Å². The number of aromatic amines is 1. The minimum atomic E-state index is -3.87. The van der Waals surface area contributed by atoms with Gasteiger partial charge in [-0.25, -0.2) is 9.59 Å². The summed E-state index contributed by atoms with van der Waals surface area (Å²) in [7, 11) is -3.87. The lowest BCUT2D eigenvalue weighted by Crippen LogP contribution is -2.42. The van der Waals surface area contributed by atoms with Gasteiger partial charge in [0.05, 0.1) is 12.2 Å². The molecule has 2 N–H and O–H groups in total. The Morgan fingerprint density at radius 1 is 1.35 bits per heavy atom. The maximum atomic E-state index is 12.5. The molecule has 2 saturated heterocycles. The van der Waals surface area contributed by atoms with Gasteiger partial charge in [-0.2, -0.15) is 0 Å². The average Bonchev–Trinajstić information content (AvgIpc) is 3.28. The van der Waals surface area contributed by atoms with Gasteiger partial charge in [-0.3, -0.25) is 23.4 Å². The summed E-state index contributed by atoms with van der Waals surface area (Å²) in [6, 6.07) is 8.36. The molecule has 2 fully saturated rings. The Morgan fingerprint density at radius 2 is 2.09 bits per heavy atom. The minimum absolute atomic E-state index is 0.0620. The van der Waals surface area contributed by atoms with Crippen molar-refractivity contribution in [2.75, 3.05) is 19.9 Å². The molecule has 0 amide bonds. The van der Waals surface area contributed by atoms with Crippen LogP contribution in [-0.2, 0) is 23.3 Å². The van der Waals surface area contributed by atoms with Gasteiger partial charge in [-0.05, 0) is 18.6 Å². The molecule has 2 unspecified atom stereocenters. The number of hydrogen-bond donors (Lipinski definition) is 2. The number of hydrogen-bond acceptors (Lipinski definition) is 8. The molecule has 2 bridgehead atoms. The van der Waals surface area contributed by atoms with Crippen LogP contribution in [0, 0.1) is 11.8 Å². The Labute approximate surface area is 194 Å². The monoisotopic (exact) mass is 490 g/mol. The summed E-state index contributed by atoms with van der Waals surface area (Å²) in [6.07, 6.45) is -1.12. The third kappa shape index (κ3) is 4.78. The van der Waals surface area contributed by atoms with Crippen LogP contribution in [0.15, 0.2) is 46.1 Å². The lowest BCUT2D eigenvalue weighted by Gasteiger charge is -2.30. The standard InChI is InChI=1S/C22H23N2O9P/c1-3-22-13-31-16(17(22)33-34(2,28)29)19(32-22)24-12-15(18(25)23-21(24)27)10-7-11-30-20(26)14-8-5-4-6-9-14/h4-6,8-9,12,16-17,19H,3,11,13H2,1-2H3,(H,28,29)(H,23,25,27)/t16-,17?,19-,22-/m1/s1. The van der Waals surface area contributed by atoms with Crippen molar-refractivity contribution in [3.05, 3.63) is 68.5 Å². The molecule has 5 atom stereocenters. The van der Waals surface area contributed by atoms with E-state index in [9.17, 15) is 23.8 Å². The van der Waals surface area contributed by atoms with Gasteiger partial charge in [-0.15, -0.1) is 0 Å². The van der Waals surface area contributed by atoms with Gasteiger partial charge in [0.1, 0.15) is 23.4 Å². The van der Waals surface area contributed by atoms with E-state index in [-0.39, 0.29) is 18.8 Å². The van der Waals surface area contributed by atoms with Crippen molar-refractivity contribution in [1.82, 2.24) is 9.55 Å². The summed E-state index contributed by atoms with van der Waals surface area (Å²) in [5.41, 5.74) is -2.20. The Hall–Kier alpha value is -3.00. The van der Waals surface area contributed by atoms with Crippen LogP contribution in [0.5, 0.6) is 0 Å². The minimum Gasteiger partial charge on any atom is -0.449 e. The second-order valence-corrected chi connectivity index (χ2v) is 9.80. The predicted molar refractivity (Wildman–Crippen MR) is 118 cm³/mol. The fourth-order valence-corrected chi connectivity index (χ4v) is 4.70. The maximum absolute atomic E-state index is 12.5. The van der Waals surface area contributed by atoms with E-state index in [4.69, 9.17) is 18.7 Å². The first kappa shape index (κ1) is 24.1. The van der Waals surface area contributed by atoms with Crippen molar-refractivity contribution < 1.29 is 33.0 Å². The highest BCUT2D eigenvalue weighted by Crippen LogP contribution is 2.53. The second kappa shape index (κ2) is 9.33. The molecule has 12 heteroatoms. The molecular formula is C22H23N2O9P. The molecule has 3 heterocycles. The van der Waals surface area contributed by atoms with Gasteiger partial charge in [0.25, 0.3) is 5.56 Å². The van der Waals surface area contributed by atoms with Gasteiger partial charge in [0.2, 0.25) is 0 Å². The molecule has 0 saturated carbocycles. The Balaban J connectivity index is 1.55. The number of H-pyrrole nitrogens is 1. The molecular weight excluding hydrogens is 467 g/mol. The topological polar surface area (TPSA) is 146 Å². The molecule has 4 rings (SSSR count). The summed E-state index contributed by atoms with van der Waals surface area (Å²) in [5, 5.41) is 0. The second-order valence-electron chi connectivity index (χ2n) is 7.98. The van der Waals surface area contributed by atoms with Gasteiger partial charge in [0, 0.05) is 12.9 Å². The van der Waals surface area contributed by atoms with Crippen molar-refractivity contribution in [2.45, 2.75) is 37.4 Å². The largest absolute Gasteiger partial charge is 0.449 e. The first-order valence-electron chi connectivity index (χ1n) is 10.5. The lowest BCUT2D eigenvalue weighted by molar-refractivity contribution is -0.175. The number of carbonyl (C=O) groups excluding carboxylic acids is 1. The summed E-state index contributed by atoms with van der Waals surface area (Å²) in [5.74, 6) is 4.60. The fraction of sp³-hybridized carbons (Fsp3) is 0.409. The Kier molecular flexibility index (Phi) is 6.62. The van der Waals surface area contributed by atoms with E-state index >= 15 is 0 Å². The highest BCUT2D eigenvalue weighted by molar-refractivity contribution is 7.51. The molecule has 0 spiro atoms. The van der Waals surface area contributed by atoms with Crippen LogP contribution in [-0.4, -0.2) is 58.1 Å². The summed E-state index contributed by atoms with van der Waals surface area (Å²) >= 11 is 0. The molecule has 0 aliphatic carbocycles. The predicted octanol–water partition coefficient (Wildman–Crippen LogP) is 1.02. The quantitative estimate of drug-likeness (QED) is 0.344. The van der Waals surface area contributed by atoms with Crippen LogP contribution in [0.25, 0.3) is 0 Å². The van der Waals surface area contributed by atoms with Crippen LogP contribution in [0.2, 0.25) is 0 Å². The number of nitrogens with one attached hydrogen (secondary N) is 1. The Bertz CT molecular complexity index is 1300. The summed E-state index contributed by atoms with van der Waals surface area (Å²) < 4.78 is 35.2. The highest BCUT2D eigenvalue weighted by atomic mass is 31.2. The van der Waals surface area contributed by atoms with Crippen LogP contribution < -0.4 is 11.2 Å². The van der Waals surface area contributed by atoms with Gasteiger partial charge in [-0.1, -0.05) is 37.0 Å². The number of carbonyl (C=O) groups is 1. The van der Waals surface area contributed by atoms with E-state index in [1.54, 1.807) is 30.3 Å². The molecule has 2 aliphatic rings. The zero-order valence-electron chi connectivity index (χ0n) is 18.4. The normalized spacial score (nSPS) is 27.0. The number of benzene rings is 1. The number of fused-ring (bicyclic) bond motifs is 2. The number of rotatable bonds is 6. The van der Waals surface area contributed by atoms with Crippen LogP contribution in [0.3, 0.4) is 0 Å². The number of esters is 1. The third-order valence-corrected chi connectivity index (χ3v) is 6.25.